The van der Waals surface area contributed by atoms with Crippen LogP contribution in [0.25, 0.3) is 0 Å². The van der Waals surface area contributed by atoms with E-state index in [-0.39, 0.29) is 28.1 Å². The van der Waals surface area contributed by atoms with Crippen molar-refractivity contribution in [1.82, 2.24) is 5.32 Å². The van der Waals surface area contributed by atoms with Crippen LogP contribution >= 0.6 is 0 Å². The van der Waals surface area contributed by atoms with Gasteiger partial charge in [-0.1, -0.05) is 41.5 Å². The monoisotopic (exact) mass is 240 g/mol. The third kappa shape index (κ3) is 2.65. The first kappa shape index (κ1) is 14.5. The molecule has 3 nitrogen and oxygen atoms in total. The van der Waals surface area contributed by atoms with Crippen LogP contribution in [0.5, 0.6) is 0 Å². The van der Waals surface area contributed by atoms with Crippen molar-refractivity contribution in [2.45, 2.75) is 48.0 Å². The number of carbonyl (C=O) groups is 1. The number of amides is 1. The first-order valence-electron chi connectivity index (χ1n) is 6.54. The lowest BCUT2D eigenvalue weighted by atomic mass is 9.89. The first-order valence-corrected chi connectivity index (χ1v) is 6.54. The van der Waals surface area contributed by atoms with E-state index in [1.54, 1.807) is 0 Å². The van der Waals surface area contributed by atoms with Gasteiger partial charge in [0.2, 0.25) is 5.91 Å². The van der Waals surface area contributed by atoms with Crippen LogP contribution < -0.4 is 11.1 Å². The third-order valence-electron chi connectivity index (χ3n) is 4.85. The molecule has 0 radical (unpaired) electrons. The minimum absolute atomic E-state index is 0.0909. The van der Waals surface area contributed by atoms with Gasteiger partial charge in [-0.25, -0.2) is 0 Å². The Hall–Kier alpha value is -0.570. The molecule has 1 fully saturated rings. The average Bonchev–Trinajstić information content (AvgIpc) is 2.54. The quantitative estimate of drug-likeness (QED) is 0.773. The summed E-state index contributed by atoms with van der Waals surface area (Å²) in [6.07, 6.45) is 0.935. The molecule has 0 spiro atoms. The average molecular weight is 240 g/mol. The van der Waals surface area contributed by atoms with Crippen molar-refractivity contribution in [2.24, 2.45) is 27.9 Å². The Morgan fingerprint density at radius 3 is 2.06 bits per heavy atom. The fourth-order valence-electron chi connectivity index (χ4n) is 2.76. The van der Waals surface area contributed by atoms with Crippen LogP contribution in [-0.2, 0) is 4.79 Å². The number of nitrogens with two attached hydrogens (primary N) is 1. The van der Waals surface area contributed by atoms with Crippen LogP contribution in [0.15, 0.2) is 0 Å². The van der Waals surface area contributed by atoms with Crippen LogP contribution in [0, 0.1) is 22.2 Å². The number of hydrogen-bond acceptors (Lipinski definition) is 2. The van der Waals surface area contributed by atoms with Gasteiger partial charge >= 0.3 is 0 Å². The highest BCUT2D eigenvalue weighted by Gasteiger charge is 2.68. The second-order valence-electron chi connectivity index (χ2n) is 7.30. The van der Waals surface area contributed by atoms with E-state index in [2.05, 4.69) is 46.9 Å². The molecular weight excluding hydrogens is 212 g/mol. The molecule has 1 aliphatic rings. The van der Waals surface area contributed by atoms with Gasteiger partial charge in [-0.15, -0.1) is 0 Å². The molecule has 3 N–H and O–H groups in total. The van der Waals surface area contributed by atoms with Gasteiger partial charge < -0.3 is 11.1 Å². The Bertz CT molecular complexity index is 291. The van der Waals surface area contributed by atoms with Gasteiger partial charge in [-0.05, 0) is 29.2 Å². The zero-order valence-corrected chi connectivity index (χ0v) is 12.2. The number of rotatable bonds is 5. The van der Waals surface area contributed by atoms with E-state index < -0.39 is 0 Å². The zero-order valence-electron chi connectivity index (χ0n) is 12.2. The van der Waals surface area contributed by atoms with Gasteiger partial charge in [-0.2, -0.15) is 0 Å². The predicted molar refractivity (Wildman–Crippen MR) is 71.5 cm³/mol. The van der Waals surface area contributed by atoms with Crippen LogP contribution in [0.1, 0.15) is 48.0 Å². The normalized spacial score (nSPS) is 22.3. The molecule has 1 rings (SSSR count). The van der Waals surface area contributed by atoms with Crippen molar-refractivity contribution in [3.05, 3.63) is 0 Å². The molecule has 0 heterocycles. The highest BCUT2D eigenvalue weighted by atomic mass is 16.2. The molecule has 17 heavy (non-hydrogen) atoms. The van der Waals surface area contributed by atoms with Crippen LogP contribution in [0.4, 0.5) is 0 Å². The molecule has 0 unspecified atom stereocenters. The number of carbonyl (C=O) groups excluding carboxylic acids is 1. The Labute approximate surface area is 106 Å². The highest BCUT2D eigenvalue weighted by Crippen LogP contribution is 2.68. The standard InChI is InChI=1S/C14H28N2O/c1-12(2,7-8-15)9-16-11(17)10-13(3,4)14(10,5)6/h10H,7-9,15H2,1-6H3,(H,16,17). The van der Waals surface area contributed by atoms with Crippen molar-refractivity contribution in [1.29, 1.82) is 0 Å². The van der Waals surface area contributed by atoms with E-state index in [0.29, 0.717) is 13.1 Å². The third-order valence-corrected chi connectivity index (χ3v) is 4.85. The van der Waals surface area contributed by atoms with Crippen molar-refractivity contribution in [2.75, 3.05) is 13.1 Å². The second-order valence-corrected chi connectivity index (χ2v) is 7.30. The summed E-state index contributed by atoms with van der Waals surface area (Å²) >= 11 is 0. The Kier molecular flexibility index (Phi) is 3.64. The van der Waals surface area contributed by atoms with Crippen molar-refractivity contribution >= 4 is 5.91 Å². The summed E-state index contributed by atoms with van der Waals surface area (Å²) in [6.45, 7) is 14.3. The lowest BCUT2D eigenvalue weighted by molar-refractivity contribution is -0.123. The largest absolute Gasteiger partial charge is 0.355 e. The fraction of sp³-hybridized carbons (Fsp3) is 0.929. The van der Waals surface area contributed by atoms with Gasteiger partial charge in [0.25, 0.3) is 0 Å². The van der Waals surface area contributed by atoms with Crippen molar-refractivity contribution < 1.29 is 4.79 Å². The lowest BCUT2D eigenvalue weighted by Crippen LogP contribution is -2.37. The fourth-order valence-corrected chi connectivity index (χ4v) is 2.76. The molecule has 0 aromatic heterocycles. The molecule has 0 saturated heterocycles. The molecule has 0 bridgehead atoms. The van der Waals surface area contributed by atoms with E-state index in [4.69, 9.17) is 5.73 Å². The second kappa shape index (κ2) is 4.27. The molecule has 0 aromatic rings. The molecule has 100 valence electrons. The van der Waals surface area contributed by atoms with Crippen LogP contribution in [-0.4, -0.2) is 19.0 Å². The first-order chi connectivity index (χ1) is 7.56. The Balaban J connectivity index is 2.48. The predicted octanol–water partition coefficient (Wildman–Crippen LogP) is 2.16. The summed E-state index contributed by atoms with van der Waals surface area (Å²) in [5, 5.41) is 3.09. The van der Waals surface area contributed by atoms with Crippen molar-refractivity contribution in [3.63, 3.8) is 0 Å². The molecule has 3 heteroatoms. The van der Waals surface area contributed by atoms with Crippen LogP contribution in [0.2, 0.25) is 0 Å². The number of nitrogens with one attached hydrogen (secondary N) is 1. The summed E-state index contributed by atoms with van der Waals surface area (Å²) in [5.41, 5.74) is 5.90. The van der Waals surface area contributed by atoms with Gasteiger partial charge in [0.15, 0.2) is 0 Å². The Morgan fingerprint density at radius 2 is 1.71 bits per heavy atom. The molecule has 0 aliphatic heterocycles. The molecule has 1 amide bonds. The van der Waals surface area contributed by atoms with Gasteiger partial charge in [0, 0.05) is 12.5 Å². The summed E-state index contributed by atoms with van der Waals surface area (Å²) in [4.78, 5) is 12.1. The maximum absolute atomic E-state index is 12.1. The SMILES string of the molecule is CC(C)(CCN)CNC(=O)C1C(C)(C)C1(C)C. The minimum Gasteiger partial charge on any atom is -0.355 e. The maximum atomic E-state index is 12.1. The summed E-state index contributed by atoms with van der Waals surface area (Å²) in [5.74, 6) is 0.341. The molecule has 0 atom stereocenters. The number of hydrogen-bond donors (Lipinski definition) is 2. The van der Waals surface area contributed by atoms with E-state index in [9.17, 15) is 4.79 Å². The molecular formula is C14H28N2O. The Morgan fingerprint density at radius 1 is 1.24 bits per heavy atom. The maximum Gasteiger partial charge on any atom is 0.224 e. The summed E-state index contributed by atoms with van der Waals surface area (Å²) < 4.78 is 0. The van der Waals surface area contributed by atoms with E-state index in [1.807, 2.05) is 0 Å². The van der Waals surface area contributed by atoms with Gasteiger partial charge in [-0.3, -0.25) is 4.79 Å². The topological polar surface area (TPSA) is 55.1 Å². The molecule has 1 aliphatic carbocycles. The molecule has 1 saturated carbocycles. The zero-order chi connectivity index (χ0) is 13.5. The summed E-state index contributed by atoms with van der Waals surface area (Å²) in [7, 11) is 0. The highest BCUT2D eigenvalue weighted by molar-refractivity contribution is 5.84. The lowest BCUT2D eigenvalue weighted by Gasteiger charge is -2.24. The van der Waals surface area contributed by atoms with E-state index in [1.165, 1.54) is 0 Å². The van der Waals surface area contributed by atoms with Crippen molar-refractivity contribution in [3.8, 4) is 0 Å². The van der Waals surface area contributed by atoms with Gasteiger partial charge in [0.05, 0.1) is 0 Å². The van der Waals surface area contributed by atoms with Crippen LogP contribution in [0.3, 0.4) is 0 Å². The van der Waals surface area contributed by atoms with Gasteiger partial charge in [0.1, 0.15) is 0 Å². The van der Waals surface area contributed by atoms with E-state index >= 15 is 0 Å². The minimum atomic E-state index is 0.0909. The smallest absolute Gasteiger partial charge is 0.224 e. The summed E-state index contributed by atoms with van der Waals surface area (Å²) in [6, 6.07) is 0. The molecule has 0 aromatic carbocycles. The van der Waals surface area contributed by atoms with E-state index in [0.717, 1.165) is 6.42 Å².